The average molecular weight is 651 g/mol. The Morgan fingerprint density at radius 1 is 0.783 bits per heavy atom. The zero-order valence-corrected chi connectivity index (χ0v) is 25.7. The van der Waals surface area contributed by atoms with Gasteiger partial charge in [-0.3, -0.25) is 4.79 Å². The summed E-state index contributed by atoms with van der Waals surface area (Å²) < 4.78 is 45.4. The van der Waals surface area contributed by atoms with Gasteiger partial charge in [0.05, 0.1) is 39.6 Å². The number of fused-ring (bicyclic) bond motifs is 1. The van der Waals surface area contributed by atoms with Crippen LogP contribution in [0.2, 0.25) is 0 Å². The van der Waals surface area contributed by atoms with E-state index in [0.717, 1.165) is 0 Å². The van der Waals surface area contributed by atoms with Gasteiger partial charge in [-0.2, -0.15) is 0 Å². The third-order valence-electron chi connectivity index (χ3n) is 8.29. The first-order chi connectivity index (χ1) is 21.9. The molecule has 252 valence electrons. The number of aryl methyl sites for hydroxylation is 1. The maximum atomic E-state index is 14.1. The van der Waals surface area contributed by atoms with Gasteiger partial charge in [0.1, 0.15) is 65.4 Å². The number of rotatable bonds is 9. The van der Waals surface area contributed by atoms with Crippen molar-refractivity contribution in [1.82, 2.24) is 0 Å². The summed E-state index contributed by atoms with van der Waals surface area (Å²) in [5.74, 6) is 0.971. The second-order valence-corrected chi connectivity index (χ2v) is 11.1. The summed E-state index contributed by atoms with van der Waals surface area (Å²) in [7, 11) is 4.35. The van der Waals surface area contributed by atoms with E-state index in [4.69, 9.17) is 37.6 Å². The fourth-order valence-electron chi connectivity index (χ4n) is 5.59. The van der Waals surface area contributed by atoms with Crippen molar-refractivity contribution >= 4 is 11.0 Å². The highest BCUT2D eigenvalue weighted by Gasteiger charge is 2.51. The van der Waals surface area contributed by atoms with Crippen LogP contribution in [-0.2, 0) is 14.2 Å². The lowest BCUT2D eigenvalue weighted by molar-refractivity contribution is -0.354. The molecular weight excluding hydrogens is 612 g/mol. The van der Waals surface area contributed by atoms with Crippen molar-refractivity contribution in [3.63, 3.8) is 0 Å². The lowest BCUT2D eigenvalue weighted by Gasteiger charge is -2.45. The minimum absolute atomic E-state index is 0.0322. The maximum Gasteiger partial charge on any atom is 0.229 e. The number of methoxy groups -OCH3 is 3. The van der Waals surface area contributed by atoms with Gasteiger partial charge >= 0.3 is 0 Å². The summed E-state index contributed by atoms with van der Waals surface area (Å²) in [5.41, 5.74) is 0.665. The smallest absolute Gasteiger partial charge is 0.229 e. The first-order valence-corrected chi connectivity index (χ1v) is 14.4. The second-order valence-electron chi connectivity index (χ2n) is 11.1. The first kappa shape index (κ1) is 33.8. The summed E-state index contributed by atoms with van der Waals surface area (Å²) in [6, 6.07) is 6.29. The number of aliphatic hydroxyl groups excluding tert-OH is 6. The molecular formula is C31H38O15. The predicted octanol–water partition coefficient (Wildman–Crippen LogP) is -0.175. The molecule has 0 bridgehead atoms. The molecule has 0 aliphatic carbocycles. The molecule has 6 N–H and O–H groups in total. The molecule has 10 atom stereocenters. The van der Waals surface area contributed by atoms with Gasteiger partial charge in [0.25, 0.3) is 0 Å². The highest BCUT2D eigenvalue weighted by molar-refractivity contribution is 5.91. The molecule has 2 aromatic carbocycles. The van der Waals surface area contributed by atoms with Crippen LogP contribution in [0.1, 0.15) is 12.5 Å². The third kappa shape index (κ3) is 6.01. The van der Waals surface area contributed by atoms with E-state index in [0.29, 0.717) is 22.6 Å². The molecule has 4 unspecified atom stereocenters. The number of aliphatic hydroxyl groups is 6. The molecule has 15 heteroatoms. The molecule has 3 aromatic rings. The highest BCUT2D eigenvalue weighted by Crippen LogP contribution is 2.39. The van der Waals surface area contributed by atoms with E-state index in [1.165, 1.54) is 40.6 Å². The molecule has 3 heterocycles. The van der Waals surface area contributed by atoms with Crippen LogP contribution >= 0.6 is 0 Å². The summed E-state index contributed by atoms with van der Waals surface area (Å²) in [6.45, 7) is 2.39. The Morgan fingerprint density at radius 3 is 2.13 bits per heavy atom. The van der Waals surface area contributed by atoms with E-state index in [2.05, 4.69) is 0 Å². The molecule has 2 aliphatic heterocycles. The van der Waals surface area contributed by atoms with Gasteiger partial charge in [0.15, 0.2) is 23.9 Å². The summed E-state index contributed by atoms with van der Waals surface area (Å²) in [6.07, 6.45) is -14.2. The van der Waals surface area contributed by atoms with Crippen molar-refractivity contribution < 1.29 is 68.2 Å². The normalized spacial score (nSPS) is 31.5. The Kier molecular flexibility index (Phi) is 10.1. The predicted molar refractivity (Wildman–Crippen MR) is 158 cm³/mol. The van der Waals surface area contributed by atoms with Gasteiger partial charge in [-0.15, -0.1) is 0 Å². The van der Waals surface area contributed by atoms with Gasteiger partial charge in [-0.05, 0) is 31.5 Å². The Morgan fingerprint density at radius 2 is 1.48 bits per heavy atom. The van der Waals surface area contributed by atoms with Gasteiger partial charge in [-0.25, -0.2) is 0 Å². The zero-order chi connectivity index (χ0) is 33.4. The van der Waals surface area contributed by atoms with E-state index in [1.807, 2.05) is 0 Å². The van der Waals surface area contributed by atoms with E-state index in [9.17, 15) is 35.4 Å². The van der Waals surface area contributed by atoms with Crippen molar-refractivity contribution in [2.24, 2.45) is 0 Å². The standard InChI is InChI=1S/C31H38O15/c1-12-17(40-4)9-19(21-23(34)15(11-42-28(12)21)14-6-7-16(39-3)18(8-14)41-5)44-31-29(26(37)24(35)20(10-32)45-31)46-30-27(38)25(36)22(33)13(2)43-30/h6-9,11,13,20,22,24-27,29-33,35-38H,10H2,1-5H3/t13?,20?,22-,24+,25?,26?,27-,29-,30-,31+/m0/s1. The lowest BCUT2D eigenvalue weighted by atomic mass is 9.97. The fraction of sp³-hybridized carbons (Fsp3) is 0.516. The Balaban J connectivity index is 1.60. The van der Waals surface area contributed by atoms with E-state index >= 15 is 0 Å². The van der Waals surface area contributed by atoms with Crippen LogP contribution in [0.3, 0.4) is 0 Å². The molecule has 0 amide bonds. The zero-order valence-electron chi connectivity index (χ0n) is 25.7. The molecule has 0 radical (unpaired) electrons. The van der Waals surface area contributed by atoms with Crippen LogP contribution in [-0.4, -0.2) is 120 Å². The van der Waals surface area contributed by atoms with Crippen LogP contribution in [0, 0.1) is 6.92 Å². The molecule has 2 saturated heterocycles. The molecule has 0 saturated carbocycles. The van der Waals surface area contributed by atoms with Gasteiger partial charge in [0.2, 0.25) is 11.7 Å². The van der Waals surface area contributed by atoms with Crippen LogP contribution in [0.4, 0.5) is 0 Å². The summed E-state index contributed by atoms with van der Waals surface area (Å²) in [5, 5.41) is 62.5. The largest absolute Gasteiger partial charge is 0.496 e. The number of hydrogen-bond acceptors (Lipinski definition) is 15. The van der Waals surface area contributed by atoms with Crippen LogP contribution in [0.15, 0.2) is 39.7 Å². The maximum absolute atomic E-state index is 14.1. The van der Waals surface area contributed by atoms with Gasteiger partial charge < -0.3 is 68.2 Å². The van der Waals surface area contributed by atoms with Crippen molar-refractivity contribution in [3.8, 4) is 34.1 Å². The molecule has 0 spiro atoms. The number of hydrogen-bond donors (Lipinski definition) is 6. The molecule has 46 heavy (non-hydrogen) atoms. The second kappa shape index (κ2) is 13.7. The Labute approximate surface area is 263 Å². The summed E-state index contributed by atoms with van der Waals surface area (Å²) >= 11 is 0. The molecule has 5 rings (SSSR count). The van der Waals surface area contributed by atoms with E-state index in [-0.39, 0.29) is 28.0 Å². The Hall–Kier alpha value is -3.51. The minimum Gasteiger partial charge on any atom is -0.496 e. The molecule has 15 nitrogen and oxygen atoms in total. The SMILES string of the molecule is COc1ccc(-c2coc3c(C)c(OC)cc(O[C@@H]4OC(CO)[C@@H](O)C(O)[C@@H]4O[C@@H]4OC(C)[C@H](O)C(O)[C@@H]4O)c3c2=O)cc1OC. The number of ether oxygens (including phenoxy) is 7. The van der Waals surface area contributed by atoms with Crippen molar-refractivity contribution in [2.75, 3.05) is 27.9 Å². The van der Waals surface area contributed by atoms with Gasteiger partial charge in [0, 0.05) is 11.6 Å². The first-order valence-electron chi connectivity index (χ1n) is 14.4. The van der Waals surface area contributed by atoms with Crippen LogP contribution < -0.4 is 24.4 Å². The Bertz CT molecular complexity index is 1590. The van der Waals surface area contributed by atoms with Crippen LogP contribution in [0.25, 0.3) is 22.1 Å². The van der Waals surface area contributed by atoms with E-state index < -0.39 is 73.4 Å². The van der Waals surface area contributed by atoms with Gasteiger partial charge in [-0.1, -0.05) is 6.07 Å². The average Bonchev–Trinajstić information content (AvgIpc) is 3.06. The fourth-order valence-corrected chi connectivity index (χ4v) is 5.59. The van der Waals surface area contributed by atoms with E-state index in [1.54, 1.807) is 25.1 Å². The topological polar surface area (TPSA) is 216 Å². The monoisotopic (exact) mass is 650 g/mol. The summed E-state index contributed by atoms with van der Waals surface area (Å²) in [4.78, 5) is 14.1. The van der Waals surface area contributed by atoms with Crippen molar-refractivity contribution in [2.45, 2.75) is 75.3 Å². The third-order valence-corrected chi connectivity index (χ3v) is 8.29. The molecule has 2 fully saturated rings. The van der Waals surface area contributed by atoms with Crippen LogP contribution in [0.5, 0.6) is 23.0 Å². The van der Waals surface area contributed by atoms with Crippen molar-refractivity contribution in [1.29, 1.82) is 0 Å². The minimum atomic E-state index is -1.77. The number of benzene rings is 2. The molecule has 2 aliphatic rings. The van der Waals surface area contributed by atoms with Crippen molar-refractivity contribution in [3.05, 3.63) is 46.3 Å². The lowest BCUT2D eigenvalue weighted by Crippen LogP contribution is -2.64. The molecule has 1 aromatic heterocycles. The quantitative estimate of drug-likeness (QED) is 0.177. The highest BCUT2D eigenvalue weighted by atomic mass is 16.8.